The van der Waals surface area contributed by atoms with Gasteiger partial charge in [-0.1, -0.05) is 74.5 Å². The van der Waals surface area contributed by atoms with Gasteiger partial charge in [-0.3, -0.25) is 9.69 Å². The molecule has 0 atom stereocenters. The van der Waals surface area contributed by atoms with Crippen molar-refractivity contribution in [1.82, 2.24) is 9.80 Å². The maximum absolute atomic E-state index is 12.3. The van der Waals surface area contributed by atoms with E-state index in [-0.39, 0.29) is 5.91 Å². The highest BCUT2D eigenvalue weighted by Gasteiger charge is 2.13. The summed E-state index contributed by atoms with van der Waals surface area (Å²) < 4.78 is 0. The van der Waals surface area contributed by atoms with Gasteiger partial charge in [-0.05, 0) is 30.5 Å². The van der Waals surface area contributed by atoms with Gasteiger partial charge in [-0.15, -0.1) is 0 Å². The van der Waals surface area contributed by atoms with E-state index in [1.165, 1.54) is 11.1 Å². The zero-order chi connectivity index (χ0) is 18.6. The molecule has 1 amide bonds. The second-order valence-corrected chi connectivity index (χ2v) is 6.77. The standard InChI is InChI=1S/C23H32N2O/c1-3-16-24(19-21-12-7-5-8-13-21)17-11-18-25(23(26)4-2)20-22-14-9-6-10-15-22/h5-10,12-15H,3-4,11,16-20H2,1-2H3. The monoisotopic (exact) mass is 352 g/mol. The first-order valence-electron chi connectivity index (χ1n) is 9.81. The van der Waals surface area contributed by atoms with Gasteiger partial charge in [-0.2, -0.15) is 0 Å². The third-order valence-corrected chi connectivity index (χ3v) is 4.56. The van der Waals surface area contributed by atoms with E-state index in [1.807, 2.05) is 30.0 Å². The van der Waals surface area contributed by atoms with Gasteiger partial charge in [0.25, 0.3) is 0 Å². The van der Waals surface area contributed by atoms with Gasteiger partial charge in [0.15, 0.2) is 0 Å². The van der Waals surface area contributed by atoms with Crippen LogP contribution in [0.25, 0.3) is 0 Å². The molecule has 0 saturated heterocycles. The van der Waals surface area contributed by atoms with Crippen molar-refractivity contribution in [3.8, 4) is 0 Å². The molecule has 140 valence electrons. The Kier molecular flexibility index (Phi) is 8.91. The van der Waals surface area contributed by atoms with Crippen LogP contribution in [0.1, 0.15) is 44.2 Å². The largest absolute Gasteiger partial charge is 0.338 e. The summed E-state index contributed by atoms with van der Waals surface area (Å²) in [6, 6.07) is 20.9. The number of hydrogen-bond donors (Lipinski definition) is 0. The molecule has 0 aromatic heterocycles. The molecule has 3 heteroatoms. The molecule has 0 aliphatic rings. The van der Waals surface area contributed by atoms with Crippen molar-refractivity contribution in [2.45, 2.75) is 46.2 Å². The second kappa shape index (κ2) is 11.5. The minimum absolute atomic E-state index is 0.235. The Bertz CT molecular complexity index is 627. The van der Waals surface area contributed by atoms with Crippen molar-refractivity contribution in [3.63, 3.8) is 0 Å². The highest BCUT2D eigenvalue weighted by molar-refractivity contribution is 5.75. The molecule has 0 aliphatic heterocycles. The zero-order valence-corrected chi connectivity index (χ0v) is 16.2. The van der Waals surface area contributed by atoms with Crippen LogP contribution in [0.15, 0.2) is 60.7 Å². The molecular formula is C23H32N2O. The smallest absolute Gasteiger partial charge is 0.222 e. The number of amides is 1. The van der Waals surface area contributed by atoms with E-state index in [0.717, 1.165) is 39.0 Å². The number of benzene rings is 2. The Morgan fingerprint density at radius 3 is 1.88 bits per heavy atom. The van der Waals surface area contributed by atoms with E-state index < -0.39 is 0 Å². The van der Waals surface area contributed by atoms with E-state index >= 15 is 0 Å². The van der Waals surface area contributed by atoms with Crippen LogP contribution < -0.4 is 0 Å². The number of hydrogen-bond acceptors (Lipinski definition) is 2. The lowest BCUT2D eigenvalue weighted by molar-refractivity contribution is -0.131. The topological polar surface area (TPSA) is 23.6 Å². The van der Waals surface area contributed by atoms with Gasteiger partial charge in [-0.25, -0.2) is 0 Å². The molecule has 0 fully saturated rings. The number of nitrogens with zero attached hydrogens (tertiary/aromatic N) is 2. The predicted octanol–water partition coefficient (Wildman–Crippen LogP) is 4.73. The van der Waals surface area contributed by atoms with Crippen molar-refractivity contribution in [2.75, 3.05) is 19.6 Å². The summed E-state index contributed by atoms with van der Waals surface area (Å²) in [5.74, 6) is 0.235. The minimum atomic E-state index is 0.235. The zero-order valence-electron chi connectivity index (χ0n) is 16.2. The first kappa shape index (κ1) is 20.2. The first-order valence-corrected chi connectivity index (χ1v) is 9.81. The quantitative estimate of drug-likeness (QED) is 0.584. The molecule has 0 N–H and O–H groups in total. The van der Waals surface area contributed by atoms with Gasteiger partial charge >= 0.3 is 0 Å². The Balaban J connectivity index is 1.88. The van der Waals surface area contributed by atoms with Crippen LogP contribution in [-0.4, -0.2) is 35.3 Å². The molecule has 2 aromatic carbocycles. The fourth-order valence-corrected chi connectivity index (χ4v) is 3.23. The van der Waals surface area contributed by atoms with E-state index in [4.69, 9.17) is 0 Å². The highest BCUT2D eigenvalue weighted by Crippen LogP contribution is 2.09. The first-order chi connectivity index (χ1) is 12.7. The van der Waals surface area contributed by atoms with Crippen molar-refractivity contribution < 1.29 is 4.79 Å². The molecule has 2 rings (SSSR count). The van der Waals surface area contributed by atoms with E-state index in [2.05, 4.69) is 54.3 Å². The summed E-state index contributed by atoms with van der Waals surface area (Å²) in [6.45, 7) is 8.78. The van der Waals surface area contributed by atoms with Crippen LogP contribution in [-0.2, 0) is 17.9 Å². The average Bonchev–Trinajstić information content (AvgIpc) is 2.68. The molecule has 2 aromatic rings. The highest BCUT2D eigenvalue weighted by atomic mass is 16.2. The molecular weight excluding hydrogens is 320 g/mol. The number of carbonyl (C=O) groups is 1. The van der Waals surface area contributed by atoms with Crippen LogP contribution in [0.2, 0.25) is 0 Å². The van der Waals surface area contributed by atoms with E-state index in [9.17, 15) is 4.79 Å². The summed E-state index contributed by atoms with van der Waals surface area (Å²) >= 11 is 0. The average molecular weight is 353 g/mol. The molecule has 0 heterocycles. The Morgan fingerprint density at radius 1 is 0.769 bits per heavy atom. The number of carbonyl (C=O) groups excluding carboxylic acids is 1. The maximum atomic E-state index is 12.3. The summed E-state index contributed by atoms with van der Waals surface area (Å²) in [4.78, 5) is 16.8. The predicted molar refractivity (Wildman–Crippen MR) is 109 cm³/mol. The molecule has 3 nitrogen and oxygen atoms in total. The normalized spacial score (nSPS) is 10.9. The summed E-state index contributed by atoms with van der Waals surface area (Å²) in [7, 11) is 0. The fourth-order valence-electron chi connectivity index (χ4n) is 3.23. The summed E-state index contributed by atoms with van der Waals surface area (Å²) in [6.07, 6.45) is 2.72. The molecule has 0 saturated carbocycles. The third kappa shape index (κ3) is 7.01. The van der Waals surface area contributed by atoms with Crippen LogP contribution in [0, 0.1) is 0 Å². The van der Waals surface area contributed by atoms with Crippen molar-refractivity contribution in [3.05, 3.63) is 71.8 Å². The van der Waals surface area contributed by atoms with Crippen LogP contribution in [0.4, 0.5) is 0 Å². The molecule has 0 spiro atoms. The Morgan fingerprint density at radius 2 is 1.35 bits per heavy atom. The summed E-state index contributed by atoms with van der Waals surface area (Å²) in [5, 5.41) is 0. The lowest BCUT2D eigenvalue weighted by atomic mass is 10.2. The van der Waals surface area contributed by atoms with Crippen molar-refractivity contribution in [2.24, 2.45) is 0 Å². The molecule has 0 radical (unpaired) electrons. The lowest BCUT2D eigenvalue weighted by Gasteiger charge is -2.26. The molecule has 26 heavy (non-hydrogen) atoms. The second-order valence-electron chi connectivity index (χ2n) is 6.77. The molecule has 0 aliphatic carbocycles. The van der Waals surface area contributed by atoms with Crippen molar-refractivity contribution >= 4 is 5.91 Å². The minimum Gasteiger partial charge on any atom is -0.338 e. The van der Waals surface area contributed by atoms with Gasteiger partial charge in [0.1, 0.15) is 0 Å². The van der Waals surface area contributed by atoms with Gasteiger partial charge in [0.05, 0.1) is 0 Å². The number of rotatable bonds is 11. The van der Waals surface area contributed by atoms with E-state index in [0.29, 0.717) is 13.0 Å². The van der Waals surface area contributed by atoms with Crippen LogP contribution >= 0.6 is 0 Å². The maximum Gasteiger partial charge on any atom is 0.222 e. The SMILES string of the molecule is CCCN(CCCN(Cc1ccccc1)C(=O)CC)Cc1ccccc1. The van der Waals surface area contributed by atoms with Crippen molar-refractivity contribution in [1.29, 1.82) is 0 Å². The van der Waals surface area contributed by atoms with Crippen LogP contribution in [0.5, 0.6) is 0 Å². The lowest BCUT2D eigenvalue weighted by Crippen LogP contribution is -2.33. The third-order valence-electron chi connectivity index (χ3n) is 4.56. The van der Waals surface area contributed by atoms with Gasteiger partial charge in [0, 0.05) is 32.6 Å². The van der Waals surface area contributed by atoms with E-state index in [1.54, 1.807) is 0 Å². The van der Waals surface area contributed by atoms with Gasteiger partial charge in [0.2, 0.25) is 5.91 Å². The summed E-state index contributed by atoms with van der Waals surface area (Å²) in [5.41, 5.74) is 2.55. The Hall–Kier alpha value is -2.13. The molecule has 0 bridgehead atoms. The van der Waals surface area contributed by atoms with Crippen LogP contribution in [0.3, 0.4) is 0 Å². The fraction of sp³-hybridized carbons (Fsp3) is 0.435. The molecule has 0 unspecified atom stereocenters. The van der Waals surface area contributed by atoms with Gasteiger partial charge < -0.3 is 4.90 Å². The Labute approximate surface area is 158 Å².